The van der Waals surface area contributed by atoms with Crippen LogP contribution in [0.5, 0.6) is 0 Å². The number of para-hydroxylation sites is 1. The second-order valence-electron chi connectivity index (χ2n) is 6.82. The van der Waals surface area contributed by atoms with Crippen LogP contribution in [0.2, 0.25) is 0 Å². The number of carbonyl (C=O) groups excluding carboxylic acids is 1. The number of benzene rings is 2. The lowest BCUT2D eigenvalue weighted by atomic mass is 10.1. The van der Waals surface area contributed by atoms with Gasteiger partial charge in [-0.1, -0.05) is 48.5 Å². The fourth-order valence-corrected chi connectivity index (χ4v) is 3.23. The van der Waals surface area contributed by atoms with E-state index in [2.05, 4.69) is 10.4 Å². The fourth-order valence-electron chi connectivity index (χ4n) is 3.23. The molecule has 1 N–H and O–H groups in total. The highest BCUT2D eigenvalue weighted by Crippen LogP contribution is 2.23. The Kier molecular flexibility index (Phi) is 5.24. The van der Waals surface area contributed by atoms with E-state index in [1.165, 1.54) is 0 Å². The summed E-state index contributed by atoms with van der Waals surface area (Å²) in [5.74, 6) is -0.158. The van der Waals surface area contributed by atoms with E-state index in [1.54, 1.807) is 10.9 Å². The van der Waals surface area contributed by atoms with Crippen molar-refractivity contribution in [2.45, 2.75) is 26.9 Å². The first-order valence-corrected chi connectivity index (χ1v) is 9.67. The molecule has 146 valence electrons. The summed E-state index contributed by atoms with van der Waals surface area (Å²) < 4.78 is 3.62. The van der Waals surface area contributed by atoms with Gasteiger partial charge in [-0.3, -0.25) is 9.48 Å². The van der Waals surface area contributed by atoms with E-state index in [0.717, 1.165) is 29.1 Å². The third kappa shape index (κ3) is 3.96. The van der Waals surface area contributed by atoms with E-state index in [9.17, 15) is 4.79 Å². The van der Waals surface area contributed by atoms with Gasteiger partial charge in [-0.25, -0.2) is 4.68 Å². The Hall–Kier alpha value is -3.67. The third-order valence-corrected chi connectivity index (χ3v) is 4.84. The van der Waals surface area contributed by atoms with Crippen LogP contribution in [0.4, 0.5) is 0 Å². The first kappa shape index (κ1) is 18.7. The number of nitrogens with zero attached hydrogens (tertiary/aromatic N) is 4. The van der Waals surface area contributed by atoms with E-state index >= 15 is 0 Å². The average molecular weight is 385 g/mol. The molecule has 0 aliphatic rings. The Bertz CT molecular complexity index is 1110. The maximum atomic E-state index is 13.1. The Morgan fingerprint density at radius 1 is 0.966 bits per heavy atom. The summed E-state index contributed by atoms with van der Waals surface area (Å²) in [6.45, 7) is 5.22. The Morgan fingerprint density at radius 2 is 1.66 bits per heavy atom. The van der Waals surface area contributed by atoms with E-state index in [0.29, 0.717) is 17.8 Å². The van der Waals surface area contributed by atoms with Crippen molar-refractivity contribution in [3.8, 4) is 16.9 Å². The van der Waals surface area contributed by atoms with Crippen molar-refractivity contribution < 1.29 is 4.79 Å². The van der Waals surface area contributed by atoms with E-state index in [1.807, 2.05) is 85.4 Å². The Balaban J connectivity index is 1.65. The Labute approximate surface area is 169 Å². The minimum atomic E-state index is -0.158. The highest BCUT2D eigenvalue weighted by atomic mass is 16.1. The zero-order valence-corrected chi connectivity index (χ0v) is 16.5. The summed E-state index contributed by atoms with van der Waals surface area (Å²) in [7, 11) is 0. The van der Waals surface area contributed by atoms with Gasteiger partial charge < -0.3 is 5.32 Å². The van der Waals surface area contributed by atoms with Crippen LogP contribution < -0.4 is 5.32 Å². The molecule has 0 aliphatic heterocycles. The standard InChI is InChI=1S/C23H23N5O/c1-3-27-15-19(17(2)25-27)14-24-23(29)21-16-28(20-12-8-5-9-13-20)26-22(21)18-10-6-4-7-11-18/h4-13,15-16H,3,14H2,1-2H3,(H,24,29). The van der Waals surface area contributed by atoms with Crippen LogP contribution in [-0.2, 0) is 13.1 Å². The van der Waals surface area contributed by atoms with E-state index in [4.69, 9.17) is 5.10 Å². The summed E-state index contributed by atoms with van der Waals surface area (Å²) in [6.07, 6.45) is 3.76. The Morgan fingerprint density at radius 3 is 2.31 bits per heavy atom. The molecule has 0 saturated carbocycles. The van der Waals surface area contributed by atoms with Crippen molar-refractivity contribution in [3.05, 3.63) is 89.9 Å². The molecule has 0 unspecified atom stereocenters. The van der Waals surface area contributed by atoms with Crippen LogP contribution >= 0.6 is 0 Å². The maximum absolute atomic E-state index is 13.1. The van der Waals surface area contributed by atoms with Gasteiger partial charge in [0, 0.05) is 36.6 Å². The number of hydrogen-bond donors (Lipinski definition) is 1. The molecule has 6 nitrogen and oxygen atoms in total. The van der Waals surface area contributed by atoms with Gasteiger partial charge in [0.25, 0.3) is 5.91 Å². The molecule has 0 aliphatic carbocycles. The van der Waals surface area contributed by atoms with Crippen LogP contribution in [0.25, 0.3) is 16.9 Å². The SMILES string of the molecule is CCn1cc(CNC(=O)c2cn(-c3ccccc3)nc2-c2ccccc2)c(C)n1. The predicted molar refractivity (Wildman–Crippen MR) is 113 cm³/mol. The number of aromatic nitrogens is 4. The molecule has 2 aromatic carbocycles. The number of amides is 1. The molecular weight excluding hydrogens is 362 g/mol. The predicted octanol–water partition coefficient (Wildman–Crippen LogP) is 3.99. The van der Waals surface area contributed by atoms with Gasteiger partial charge in [-0.15, -0.1) is 0 Å². The lowest BCUT2D eigenvalue weighted by Crippen LogP contribution is -2.23. The molecule has 2 aromatic heterocycles. The first-order chi connectivity index (χ1) is 14.2. The van der Waals surface area contributed by atoms with Crippen molar-refractivity contribution in [2.75, 3.05) is 0 Å². The third-order valence-electron chi connectivity index (χ3n) is 4.84. The number of nitrogens with one attached hydrogen (secondary N) is 1. The average Bonchev–Trinajstić information content (AvgIpc) is 3.37. The number of aryl methyl sites for hydroxylation is 2. The van der Waals surface area contributed by atoms with Gasteiger partial charge in [0.15, 0.2) is 0 Å². The lowest BCUT2D eigenvalue weighted by molar-refractivity contribution is 0.0951. The molecule has 0 spiro atoms. The summed E-state index contributed by atoms with van der Waals surface area (Å²) in [5.41, 5.74) is 4.95. The minimum Gasteiger partial charge on any atom is -0.348 e. The van der Waals surface area contributed by atoms with Crippen molar-refractivity contribution in [1.82, 2.24) is 24.9 Å². The molecule has 0 saturated heterocycles. The van der Waals surface area contributed by atoms with Gasteiger partial charge in [-0.05, 0) is 26.0 Å². The van der Waals surface area contributed by atoms with Gasteiger partial charge in [0.05, 0.1) is 16.9 Å². The molecule has 0 atom stereocenters. The molecule has 29 heavy (non-hydrogen) atoms. The van der Waals surface area contributed by atoms with Crippen LogP contribution in [0.3, 0.4) is 0 Å². The molecule has 1 amide bonds. The minimum absolute atomic E-state index is 0.158. The second-order valence-corrected chi connectivity index (χ2v) is 6.82. The fraction of sp³-hybridized carbons (Fsp3) is 0.174. The summed E-state index contributed by atoms with van der Waals surface area (Å²) in [6, 6.07) is 19.6. The monoisotopic (exact) mass is 385 g/mol. The molecule has 0 fully saturated rings. The molecule has 6 heteroatoms. The highest BCUT2D eigenvalue weighted by Gasteiger charge is 2.19. The van der Waals surface area contributed by atoms with Gasteiger partial charge in [-0.2, -0.15) is 10.2 Å². The molecule has 2 heterocycles. The van der Waals surface area contributed by atoms with Crippen LogP contribution in [0.15, 0.2) is 73.1 Å². The van der Waals surface area contributed by atoms with Gasteiger partial charge in [0.1, 0.15) is 5.69 Å². The molecular formula is C23H23N5O. The molecule has 4 aromatic rings. The first-order valence-electron chi connectivity index (χ1n) is 9.67. The normalized spacial score (nSPS) is 10.8. The van der Waals surface area contributed by atoms with E-state index in [-0.39, 0.29) is 5.91 Å². The number of carbonyl (C=O) groups is 1. The van der Waals surface area contributed by atoms with Crippen LogP contribution in [-0.4, -0.2) is 25.5 Å². The summed E-state index contributed by atoms with van der Waals surface area (Å²) >= 11 is 0. The molecule has 0 radical (unpaired) electrons. The molecule has 4 rings (SSSR count). The molecule has 0 bridgehead atoms. The van der Waals surface area contributed by atoms with Crippen molar-refractivity contribution in [1.29, 1.82) is 0 Å². The summed E-state index contributed by atoms with van der Waals surface area (Å²) in [5, 5.41) is 12.2. The highest BCUT2D eigenvalue weighted by molar-refractivity contribution is 5.99. The number of rotatable bonds is 6. The van der Waals surface area contributed by atoms with E-state index < -0.39 is 0 Å². The zero-order valence-electron chi connectivity index (χ0n) is 16.5. The second kappa shape index (κ2) is 8.14. The van der Waals surface area contributed by atoms with Crippen molar-refractivity contribution >= 4 is 5.91 Å². The quantitative estimate of drug-likeness (QED) is 0.546. The number of hydrogen-bond acceptors (Lipinski definition) is 3. The van der Waals surface area contributed by atoms with Crippen molar-refractivity contribution in [2.24, 2.45) is 0 Å². The van der Waals surface area contributed by atoms with Crippen LogP contribution in [0.1, 0.15) is 28.5 Å². The topological polar surface area (TPSA) is 64.7 Å². The van der Waals surface area contributed by atoms with Crippen molar-refractivity contribution in [3.63, 3.8) is 0 Å². The van der Waals surface area contributed by atoms with Crippen LogP contribution in [0, 0.1) is 6.92 Å². The lowest BCUT2D eigenvalue weighted by Gasteiger charge is -2.05. The summed E-state index contributed by atoms with van der Waals surface area (Å²) in [4.78, 5) is 13.1. The van der Waals surface area contributed by atoms with Gasteiger partial charge >= 0.3 is 0 Å². The van der Waals surface area contributed by atoms with Gasteiger partial charge in [0.2, 0.25) is 0 Å². The maximum Gasteiger partial charge on any atom is 0.255 e. The largest absolute Gasteiger partial charge is 0.348 e. The zero-order chi connectivity index (χ0) is 20.2. The smallest absolute Gasteiger partial charge is 0.255 e.